The number of likely N-dealkylation sites (N-methyl/N-ethyl adjacent to an activating group) is 1. The summed E-state index contributed by atoms with van der Waals surface area (Å²) in [6, 6.07) is 0. The van der Waals surface area contributed by atoms with Crippen molar-refractivity contribution in [1.82, 2.24) is 10.2 Å². The molecular formula is C12H22N2O4S. The maximum absolute atomic E-state index is 12.3. The van der Waals surface area contributed by atoms with Crippen molar-refractivity contribution < 1.29 is 18.3 Å². The van der Waals surface area contributed by atoms with E-state index in [1.807, 2.05) is 0 Å². The lowest BCUT2D eigenvalue weighted by Gasteiger charge is -2.31. The normalized spacial score (nSPS) is 34.1. The van der Waals surface area contributed by atoms with Crippen molar-refractivity contribution in [3.05, 3.63) is 0 Å². The van der Waals surface area contributed by atoms with E-state index >= 15 is 0 Å². The predicted molar refractivity (Wildman–Crippen MR) is 71.5 cm³/mol. The molecule has 2 N–H and O–H groups in total. The minimum atomic E-state index is -3.31. The minimum absolute atomic E-state index is 0.100. The van der Waals surface area contributed by atoms with Gasteiger partial charge < -0.3 is 15.3 Å². The molecule has 0 aromatic heterocycles. The van der Waals surface area contributed by atoms with Gasteiger partial charge in [-0.05, 0) is 25.8 Å². The van der Waals surface area contributed by atoms with E-state index in [0.29, 0.717) is 25.8 Å². The van der Waals surface area contributed by atoms with Crippen LogP contribution in [0.1, 0.15) is 25.7 Å². The summed E-state index contributed by atoms with van der Waals surface area (Å²) >= 11 is 0. The van der Waals surface area contributed by atoms with Crippen LogP contribution in [0.15, 0.2) is 0 Å². The molecule has 6 nitrogen and oxygen atoms in total. The smallest absolute Gasteiger partial charge is 0.240 e. The SMILES string of the molecule is CN(CC1(O)CCNC1)C(=O)C1CCCCS1(=O)=O. The van der Waals surface area contributed by atoms with Gasteiger partial charge in [0.05, 0.1) is 17.9 Å². The second-order valence-corrected chi connectivity index (χ2v) is 8.00. The molecule has 0 saturated carbocycles. The molecule has 19 heavy (non-hydrogen) atoms. The molecule has 0 radical (unpaired) electrons. The Bertz CT molecular complexity index is 443. The number of aliphatic hydroxyl groups is 1. The first-order valence-corrected chi connectivity index (χ1v) is 8.45. The highest BCUT2D eigenvalue weighted by molar-refractivity contribution is 7.92. The van der Waals surface area contributed by atoms with Crippen LogP contribution >= 0.6 is 0 Å². The van der Waals surface area contributed by atoms with Crippen molar-refractivity contribution in [3.8, 4) is 0 Å². The van der Waals surface area contributed by atoms with Gasteiger partial charge in [0, 0.05) is 13.6 Å². The number of rotatable bonds is 3. The summed E-state index contributed by atoms with van der Waals surface area (Å²) in [7, 11) is -1.74. The lowest BCUT2D eigenvalue weighted by atomic mass is 10.0. The molecule has 2 rings (SSSR count). The zero-order valence-electron chi connectivity index (χ0n) is 11.3. The van der Waals surface area contributed by atoms with Crippen molar-refractivity contribution in [2.45, 2.75) is 36.5 Å². The van der Waals surface area contributed by atoms with Crippen LogP contribution in [0.3, 0.4) is 0 Å². The summed E-state index contributed by atoms with van der Waals surface area (Å²) < 4.78 is 23.8. The third kappa shape index (κ3) is 3.27. The Morgan fingerprint density at radius 1 is 1.47 bits per heavy atom. The van der Waals surface area contributed by atoms with Gasteiger partial charge in [-0.25, -0.2) is 8.42 Å². The van der Waals surface area contributed by atoms with Crippen LogP contribution in [-0.2, 0) is 14.6 Å². The first-order chi connectivity index (χ1) is 8.84. The number of hydrogen-bond donors (Lipinski definition) is 2. The van der Waals surface area contributed by atoms with E-state index in [4.69, 9.17) is 0 Å². The lowest BCUT2D eigenvalue weighted by molar-refractivity contribution is -0.132. The topological polar surface area (TPSA) is 86.7 Å². The Morgan fingerprint density at radius 3 is 2.79 bits per heavy atom. The van der Waals surface area contributed by atoms with Gasteiger partial charge in [-0.3, -0.25) is 4.79 Å². The van der Waals surface area contributed by atoms with Crippen LogP contribution in [-0.4, -0.2) is 67.6 Å². The fourth-order valence-corrected chi connectivity index (χ4v) is 4.77. The van der Waals surface area contributed by atoms with Crippen molar-refractivity contribution in [2.24, 2.45) is 0 Å². The molecular weight excluding hydrogens is 268 g/mol. The molecule has 0 aromatic carbocycles. The van der Waals surface area contributed by atoms with Gasteiger partial charge in [-0.1, -0.05) is 6.42 Å². The highest BCUT2D eigenvalue weighted by Crippen LogP contribution is 2.22. The van der Waals surface area contributed by atoms with Crippen LogP contribution in [0.4, 0.5) is 0 Å². The molecule has 7 heteroatoms. The highest BCUT2D eigenvalue weighted by Gasteiger charge is 2.39. The second kappa shape index (κ2) is 5.38. The summed E-state index contributed by atoms with van der Waals surface area (Å²) in [6.07, 6.45) is 2.41. The monoisotopic (exact) mass is 290 g/mol. The summed E-state index contributed by atoms with van der Waals surface area (Å²) in [5, 5.41) is 12.4. The van der Waals surface area contributed by atoms with Gasteiger partial charge in [0.1, 0.15) is 5.25 Å². The number of nitrogens with one attached hydrogen (secondary N) is 1. The minimum Gasteiger partial charge on any atom is -0.387 e. The molecule has 0 spiro atoms. The van der Waals surface area contributed by atoms with Gasteiger partial charge in [0.25, 0.3) is 0 Å². The summed E-state index contributed by atoms with van der Waals surface area (Å²) in [4.78, 5) is 13.6. The van der Waals surface area contributed by atoms with E-state index in [0.717, 1.165) is 13.0 Å². The van der Waals surface area contributed by atoms with E-state index in [9.17, 15) is 18.3 Å². The molecule has 2 aliphatic rings. The highest BCUT2D eigenvalue weighted by atomic mass is 32.2. The number of sulfone groups is 1. The van der Waals surface area contributed by atoms with E-state index < -0.39 is 20.7 Å². The molecule has 0 aromatic rings. The largest absolute Gasteiger partial charge is 0.387 e. The van der Waals surface area contributed by atoms with E-state index in [1.54, 1.807) is 7.05 Å². The van der Waals surface area contributed by atoms with Gasteiger partial charge in [0.15, 0.2) is 9.84 Å². The van der Waals surface area contributed by atoms with Gasteiger partial charge >= 0.3 is 0 Å². The fraction of sp³-hybridized carbons (Fsp3) is 0.917. The fourth-order valence-electron chi connectivity index (χ4n) is 2.86. The molecule has 2 fully saturated rings. The number of nitrogens with zero attached hydrogens (tertiary/aromatic N) is 1. The van der Waals surface area contributed by atoms with Crippen molar-refractivity contribution in [2.75, 3.05) is 32.4 Å². The third-order valence-electron chi connectivity index (χ3n) is 3.98. The average molecular weight is 290 g/mol. The maximum Gasteiger partial charge on any atom is 0.240 e. The van der Waals surface area contributed by atoms with Crippen LogP contribution in [0.25, 0.3) is 0 Å². The Morgan fingerprint density at radius 2 is 2.21 bits per heavy atom. The Kier molecular flexibility index (Phi) is 4.17. The zero-order valence-corrected chi connectivity index (χ0v) is 12.1. The summed E-state index contributed by atoms with van der Waals surface area (Å²) in [6.45, 7) is 1.35. The molecule has 1 amide bonds. The molecule has 2 atom stereocenters. The molecule has 2 unspecified atom stereocenters. The Hall–Kier alpha value is -0.660. The maximum atomic E-state index is 12.3. The zero-order chi connectivity index (χ0) is 14.1. The van der Waals surface area contributed by atoms with Crippen LogP contribution < -0.4 is 5.32 Å². The molecule has 0 bridgehead atoms. The van der Waals surface area contributed by atoms with Crippen molar-refractivity contribution >= 4 is 15.7 Å². The van der Waals surface area contributed by atoms with Crippen molar-refractivity contribution in [1.29, 1.82) is 0 Å². The van der Waals surface area contributed by atoms with Gasteiger partial charge in [0.2, 0.25) is 5.91 Å². The number of amides is 1. The van der Waals surface area contributed by atoms with E-state index in [1.165, 1.54) is 4.90 Å². The Balaban J connectivity index is 2.02. The number of carbonyl (C=O) groups is 1. The third-order valence-corrected chi connectivity index (χ3v) is 6.15. The molecule has 2 saturated heterocycles. The van der Waals surface area contributed by atoms with E-state index in [2.05, 4.69) is 5.32 Å². The van der Waals surface area contributed by atoms with Crippen LogP contribution in [0.5, 0.6) is 0 Å². The van der Waals surface area contributed by atoms with Crippen LogP contribution in [0.2, 0.25) is 0 Å². The standard InChI is InChI=1S/C12H22N2O4S/c1-14(9-12(16)5-6-13-8-12)11(15)10-4-2-3-7-19(10,17)18/h10,13,16H,2-9H2,1H3. The second-order valence-electron chi connectivity index (χ2n) is 5.70. The summed E-state index contributed by atoms with van der Waals surface area (Å²) in [5.74, 6) is -0.275. The molecule has 0 aliphatic carbocycles. The average Bonchev–Trinajstić information content (AvgIpc) is 2.74. The summed E-state index contributed by atoms with van der Waals surface area (Å²) in [5.41, 5.74) is -0.928. The first kappa shape index (κ1) is 14.7. The molecule has 110 valence electrons. The number of carbonyl (C=O) groups excluding carboxylic acids is 1. The lowest BCUT2D eigenvalue weighted by Crippen LogP contribution is -2.50. The van der Waals surface area contributed by atoms with Gasteiger partial charge in [-0.2, -0.15) is 0 Å². The van der Waals surface area contributed by atoms with Gasteiger partial charge in [-0.15, -0.1) is 0 Å². The molecule has 2 aliphatic heterocycles. The number of hydrogen-bond acceptors (Lipinski definition) is 5. The number of β-amino-alcohol motifs (C(OH)–C–C–N with tert-alkyl or cyclic N) is 1. The first-order valence-electron chi connectivity index (χ1n) is 6.74. The van der Waals surface area contributed by atoms with Crippen LogP contribution in [0, 0.1) is 0 Å². The molecule has 2 heterocycles. The Labute approximate surface area is 114 Å². The van der Waals surface area contributed by atoms with E-state index in [-0.39, 0.29) is 18.2 Å². The predicted octanol–water partition coefficient (Wildman–Crippen LogP) is -0.863. The van der Waals surface area contributed by atoms with Crippen molar-refractivity contribution in [3.63, 3.8) is 0 Å². The quantitative estimate of drug-likeness (QED) is 0.706.